The van der Waals surface area contributed by atoms with E-state index in [1.165, 1.54) is 18.4 Å². The lowest BCUT2D eigenvalue weighted by atomic mass is 9.68. The number of amides is 1. The van der Waals surface area contributed by atoms with Gasteiger partial charge in [-0.15, -0.1) is 0 Å². The molecular weight excluding hydrogens is 412 g/mol. The van der Waals surface area contributed by atoms with E-state index in [9.17, 15) is 4.79 Å². The minimum atomic E-state index is -0.219. The molecule has 1 aliphatic carbocycles. The third kappa shape index (κ3) is 3.52. The lowest BCUT2D eigenvalue weighted by Gasteiger charge is -2.45. The summed E-state index contributed by atoms with van der Waals surface area (Å²) in [6.45, 7) is 3.06. The quantitative estimate of drug-likeness (QED) is 0.768. The van der Waals surface area contributed by atoms with Gasteiger partial charge in [0, 0.05) is 36.7 Å². The average Bonchev–Trinajstić information content (AvgIpc) is 3.64. The highest BCUT2D eigenvalue weighted by Gasteiger charge is 2.54. The second-order valence-corrected chi connectivity index (χ2v) is 10.3. The standard InChI is InChI=1S/C28H34N2O3/c1-32-25-9-5-8-22-26(25)33-15-13-28(22)18-29-17-23(28)27(31)30-14-12-21(16-24(30)20-10-11-20)19-6-3-2-4-7-19/h2-9,20-21,23-24,29H,10-18H2,1H3/t21-,23+,24+,28+/m1/s1. The number of rotatable bonds is 4. The van der Waals surface area contributed by atoms with E-state index in [1.807, 2.05) is 12.1 Å². The van der Waals surface area contributed by atoms with Crippen LogP contribution >= 0.6 is 0 Å². The normalized spacial score (nSPS) is 31.2. The highest BCUT2D eigenvalue weighted by molar-refractivity contribution is 5.82. The molecule has 2 saturated heterocycles. The SMILES string of the molecule is COc1cccc2c1OCC[C@]21CNC[C@H]1C(=O)N1CC[C@@H](c2ccccc2)C[C@H]1C1CC1. The maximum Gasteiger partial charge on any atom is 0.228 e. The zero-order valence-corrected chi connectivity index (χ0v) is 19.5. The molecule has 3 fully saturated rings. The van der Waals surface area contributed by atoms with Gasteiger partial charge in [-0.2, -0.15) is 0 Å². The molecule has 5 heteroatoms. The monoisotopic (exact) mass is 446 g/mol. The molecule has 1 spiro atoms. The number of carbonyl (C=O) groups excluding carboxylic acids is 1. The van der Waals surface area contributed by atoms with Crippen molar-refractivity contribution in [3.8, 4) is 11.5 Å². The average molecular weight is 447 g/mol. The third-order valence-corrected chi connectivity index (χ3v) is 8.65. The fourth-order valence-corrected chi connectivity index (χ4v) is 6.74. The van der Waals surface area contributed by atoms with Crippen molar-refractivity contribution in [2.75, 3.05) is 33.4 Å². The number of fused-ring (bicyclic) bond motifs is 2. The summed E-state index contributed by atoms with van der Waals surface area (Å²) in [6, 6.07) is 17.4. The number of likely N-dealkylation sites (tertiary alicyclic amines) is 1. The van der Waals surface area contributed by atoms with Crippen molar-refractivity contribution in [3.05, 3.63) is 59.7 Å². The van der Waals surface area contributed by atoms with Crippen LogP contribution in [0.15, 0.2) is 48.5 Å². The second kappa shape index (κ2) is 8.35. The minimum Gasteiger partial charge on any atom is -0.493 e. The third-order valence-electron chi connectivity index (χ3n) is 8.65. The largest absolute Gasteiger partial charge is 0.493 e. The Morgan fingerprint density at radius 2 is 1.97 bits per heavy atom. The van der Waals surface area contributed by atoms with Gasteiger partial charge in [0.05, 0.1) is 19.6 Å². The maximum atomic E-state index is 14.2. The van der Waals surface area contributed by atoms with E-state index in [-0.39, 0.29) is 11.3 Å². The van der Waals surface area contributed by atoms with E-state index in [2.05, 4.69) is 46.6 Å². The predicted molar refractivity (Wildman–Crippen MR) is 128 cm³/mol. The summed E-state index contributed by atoms with van der Waals surface area (Å²) < 4.78 is 11.7. The summed E-state index contributed by atoms with van der Waals surface area (Å²) in [5, 5.41) is 3.58. The van der Waals surface area contributed by atoms with Crippen LogP contribution in [-0.4, -0.2) is 50.2 Å². The molecule has 0 aromatic heterocycles. The van der Waals surface area contributed by atoms with Crippen molar-refractivity contribution in [1.82, 2.24) is 10.2 Å². The lowest BCUT2D eigenvalue weighted by molar-refractivity contribution is -0.141. The van der Waals surface area contributed by atoms with Crippen LogP contribution in [0.5, 0.6) is 11.5 Å². The van der Waals surface area contributed by atoms with E-state index in [0.717, 1.165) is 56.0 Å². The van der Waals surface area contributed by atoms with Gasteiger partial charge in [-0.05, 0) is 55.6 Å². The summed E-state index contributed by atoms with van der Waals surface area (Å²) >= 11 is 0. The zero-order chi connectivity index (χ0) is 22.4. The van der Waals surface area contributed by atoms with Gasteiger partial charge in [-0.1, -0.05) is 42.5 Å². The zero-order valence-electron chi connectivity index (χ0n) is 19.5. The van der Waals surface area contributed by atoms with Crippen LogP contribution in [-0.2, 0) is 10.2 Å². The second-order valence-electron chi connectivity index (χ2n) is 10.3. The van der Waals surface area contributed by atoms with Gasteiger partial charge in [-0.3, -0.25) is 4.79 Å². The fourth-order valence-electron chi connectivity index (χ4n) is 6.74. The Balaban J connectivity index is 1.29. The molecule has 0 unspecified atom stereocenters. The molecule has 33 heavy (non-hydrogen) atoms. The van der Waals surface area contributed by atoms with Gasteiger partial charge >= 0.3 is 0 Å². The Bertz CT molecular complexity index is 1020. The number of piperidine rings is 1. The molecule has 2 aromatic carbocycles. The van der Waals surface area contributed by atoms with Gasteiger partial charge in [0.2, 0.25) is 5.91 Å². The van der Waals surface area contributed by atoms with Crippen molar-refractivity contribution >= 4 is 5.91 Å². The highest BCUT2D eigenvalue weighted by atomic mass is 16.5. The minimum absolute atomic E-state index is 0.0539. The molecule has 4 atom stereocenters. The molecule has 174 valence electrons. The highest BCUT2D eigenvalue weighted by Crippen LogP contribution is 2.51. The lowest BCUT2D eigenvalue weighted by Crippen LogP contribution is -2.54. The van der Waals surface area contributed by atoms with Gasteiger partial charge in [0.15, 0.2) is 11.5 Å². The number of methoxy groups -OCH3 is 1. The van der Waals surface area contributed by atoms with E-state index >= 15 is 0 Å². The van der Waals surface area contributed by atoms with Gasteiger partial charge in [-0.25, -0.2) is 0 Å². The Morgan fingerprint density at radius 1 is 1.12 bits per heavy atom. The Kier molecular flexibility index (Phi) is 5.33. The molecular formula is C28H34N2O3. The molecule has 6 rings (SSSR count). The van der Waals surface area contributed by atoms with Crippen LogP contribution in [0.25, 0.3) is 0 Å². The van der Waals surface area contributed by atoms with Crippen molar-refractivity contribution in [2.45, 2.75) is 49.5 Å². The van der Waals surface area contributed by atoms with E-state index < -0.39 is 0 Å². The van der Waals surface area contributed by atoms with Gasteiger partial charge < -0.3 is 19.7 Å². The molecule has 1 N–H and O–H groups in total. The van der Waals surface area contributed by atoms with Crippen LogP contribution in [0.1, 0.15) is 49.1 Å². The topological polar surface area (TPSA) is 50.8 Å². The number of ether oxygens (including phenoxy) is 2. The molecule has 0 radical (unpaired) electrons. The molecule has 2 aromatic rings. The molecule has 0 bridgehead atoms. The Labute approximate surface area is 196 Å². The number of nitrogens with zero attached hydrogens (tertiary/aromatic N) is 1. The van der Waals surface area contributed by atoms with Crippen LogP contribution in [0, 0.1) is 11.8 Å². The molecule has 3 heterocycles. The van der Waals surface area contributed by atoms with E-state index in [0.29, 0.717) is 30.4 Å². The first-order chi connectivity index (χ1) is 16.2. The first kappa shape index (κ1) is 21.0. The van der Waals surface area contributed by atoms with Crippen molar-refractivity contribution in [1.29, 1.82) is 0 Å². The molecule has 1 amide bonds. The van der Waals surface area contributed by atoms with Gasteiger partial charge in [0.25, 0.3) is 0 Å². The van der Waals surface area contributed by atoms with Gasteiger partial charge in [0.1, 0.15) is 0 Å². The van der Waals surface area contributed by atoms with Crippen molar-refractivity contribution in [2.24, 2.45) is 11.8 Å². The maximum absolute atomic E-state index is 14.2. The Hall–Kier alpha value is -2.53. The first-order valence-corrected chi connectivity index (χ1v) is 12.6. The summed E-state index contributed by atoms with van der Waals surface area (Å²) in [5.41, 5.74) is 2.35. The molecule has 3 aliphatic heterocycles. The molecule has 5 nitrogen and oxygen atoms in total. The number of carbonyl (C=O) groups is 1. The number of hydrogen-bond donors (Lipinski definition) is 1. The number of nitrogens with one attached hydrogen (secondary N) is 1. The smallest absolute Gasteiger partial charge is 0.228 e. The van der Waals surface area contributed by atoms with E-state index in [4.69, 9.17) is 9.47 Å². The predicted octanol–water partition coefficient (Wildman–Crippen LogP) is 4.12. The van der Waals surface area contributed by atoms with E-state index in [1.54, 1.807) is 7.11 Å². The van der Waals surface area contributed by atoms with Crippen LogP contribution in [0.4, 0.5) is 0 Å². The molecule has 1 saturated carbocycles. The van der Waals surface area contributed by atoms with Crippen molar-refractivity contribution in [3.63, 3.8) is 0 Å². The number of hydrogen-bond acceptors (Lipinski definition) is 4. The van der Waals surface area contributed by atoms with Crippen LogP contribution < -0.4 is 14.8 Å². The summed E-state index contributed by atoms with van der Waals surface area (Å²) in [4.78, 5) is 16.5. The molecule has 4 aliphatic rings. The number of benzene rings is 2. The van der Waals surface area contributed by atoms with Crippen molar-refractivity contribution < 1.29 is 14.3 Å². The van der Waals surface area contributed by atoms with Crippen LogP contribution in [0.3, 0.4) is 0 Å². The first-order valence-electron chi connectivity index (χ1n) is 12.6. The fraction of sp³-hybridized carbons (Fsp3) is 0.536. The summed E-state index contributed by atoms with van der Waals surface area (Å²) in [7, 11) is 1.69. The number of para-hydroxylation sites is 1. The van der Waals surface area contributed by atoms with Crippen LogP contribution in [0.2, 0.25) is 0 Å². The Morgan fingerprint density at radius 3 is 2.76 bits per heavy atom. The summed E-state index contributed by atoms with van der Waals surface area (Å²) in [5.74, 6) is 3.12. The summed E-state index contributed by atoms with van der Waals surface area (Å²) in [6.07, 6.45) is 5.54.